The molecule has 6 rings (SSSR count). The van der Waals surface area contributed by atoms with Gasteiger partial charge in [-0.2, -0.15) is 5.21 Å². The summed E-state index contributed by atoms with van der Waals surface area (Å²) in [6.07, 6.45) is 1.62. The molecule has 1 N–H and O–H groups in total. The number of carbonyl (C=O) groups is 2. The molecule has 2 saturated heterocycles. The van der Waals surface area contributed by atoms with Gasteiger partial charge in [0.05, 0.1) is 6.61 Å². The lowest BCUT2D eigenvalue weighted by Gasteiger charge is -2.30. The molecule has 1 amide bonds. The van der Waals surface area contributed by atoms with Crippen molar-refractivity contribution in [2.75, 3.05) is 32.9 Å². The number of aromatic nitrogens is 5. The molecule has 4 heterocycles. The monoisotopic (exact) mass is 522 g/mol. The summed E-state index contributed by atoms with van der Waals surface area (Å²) in [5.74, 6) is 0.524. The SMILES string of the molecule is CCOC(=O)c1cc2cc(C3CCOCC3)ccc2n1C1(c2nn[nH]n2)[C@@H]2CN(C(=O)OC(C)(C)C)C[C@@H]21. The van der Waals surface area contributed by atoms with Crippen LogP contribution in [-0.4, -0.2) is 80.7 Å². The minimum Gasteiger partial charge on any atom is -0.461 e. The highest BCUT2D eigenvalue weighted by atomic mass is 16.6. The normalized spacial score (nSPS) is 25.4. The average Bonchev–Trinajstić information content (AvgIpc) is 3.43. The Hall–Kier alpha value is -3.47. The van der Waals surface area contributed by atoms with Crippen LogP contribution in [0.15, 0.2) is 24.3 Å². The van der Waals surface area contributed by atoms with E-state index in [1.807, 2.05) is 31.4 Å². The summed E-state index contributed by atoms with van der Waals surface area (Å²) in [5, 5.41) is 16.2. The van der Waals surface area contributed by atoms with E-state index in [2.05, 4.69) is 38.8 Å². The van der Waals surface area contributed by atoms with Crippen molar-refractivity contribution in [3.63, 3.8) is 0 Å². The third-order valence-electron chi connectivity index (χ3n) is 8.07. The van der Waals surface area contributed by atoms with Crippen LogP contribution in [0.4, 0.5) is 4.79 Å². The number of tetrazole rings is 1. The van der Waals surface area contributed by atoms with Crippen molar-refractivity contribution in [2.24, 2.45) is 11.8 Å². The highest BCUT2D eigenvalue weighted by Gasteiger charge is 2.74. The highest BCUT2D eigenvalue weighted by Crippen LogP contribution is 2.64. The van der Waals surface area contributed by atoms with E-state index in [9.17, 15) is 9.59 Å². The molecule has 1 unspecified atom stereocenters. The summed E-state index contributed by atoms with van der Waals surface area (Å²) >= 11 is 0. The van der Waals surface area contributed by atoms with Gasteiger partial charge < -0.3 is 23.7 Å². The largest absolute Gasteiger partial charge is 0.461 e. The molecule has 1 aliphatic carbocycles. The third-order valence-corrected chi connectivity index (χ3v) is 8.07. The number of amides is 1. The van der Waals surface area contributed by atoms with E-state index in [1.165, 1.54) is 5.56 Å². The van der Waals surface area contributed by atoms with Crippen LogP contribution in [0.3, 0.4) is 0 Å². The van der Waals surface area contributed by atoms with Crippen LogP contribution in [0.5, 0.6) is 0 Å². The Morgan fingerprint density at radius 3 is 2.53 bits per heavy atom. The molecule has 1 saturated carbocycles. The minimum absolute atomic E-state index is 0.00781. The molecular formula is C27H34N6O5. The standard InChI is InChI=1S/C27H34N6O5/c1-5-37-23(34)22-13-18-12-17(16-8-10-36-11-9-16)6-7-21(18)33(22)27(24-28-30-31-29-24)19-14-32(15-20(19)27)25(35)38-26(2,3)4/h6-7,12-13,16,19-20H,5,8-11,14-15H2,1-4H3,(H,28,29,30,31)/t19-,20+,27?. The van der Waals surface area contributed by atoms with Gasteiger partial charge >= 0.3 is 12.1 Å². The number of H-pyrrole nitrogens is 1. The van der Waals surface area contributed by atoms with E-state index in [0.717, 1.165) is 37.0 Å². The van der Waals surface area contributed by atoms with Crippen molar-refractivity contribution in [3.05, 3.63) is 41.3 Å². The Morgan fingerprint density at radius 2 is 1.89 bits per heavy atom. The maximum atomic E-state index is 13.3. The van der Waals surface area contributed by atoms with Gasteiger partial charge in [-0.3, -0.25) is 0 Å². The number of carbonyl (C=O) groups excluding carboxylic acids is 2. The number of benzene rings is 1. The van der Waals surface area contributed by atoms with E-state index in [1.54, 1.807) is 11.8 Å². The zero-order valence-electron chi connectivity index (χ0n) is 22.3. The Morgan fingerprint density at radius 1 is 1.16 bits per heavy atom. The zero-order valence-corrected chi connectivity index (χ0v) is 22.3. The van der Waals surface area contributed by atoms with Crippen LogP contribution in [0, 0.1) is 11.8 Å². The molecule has 3 atom stereocenters. The molecule has 11 nitrogen and oxygen atoms in total. The van der Waals surface area contributed by atoms with Gasteiger partial charge in [-0.25, -0.2) is 9.59 Å². The summed E-state index contributed by atoms with van der Waals surface area (Å²) in [5.41, 5.74) is 1.30. The average molecular weight is 523 g/mol. The number of nitrogens with zero attached hydrogens (tertiary/aromatic N) is 5. The number of nitrogens with one attached hydrogen (secondary N) is 1. The fourth-order valence-corrected chi connectivity index (χ4v) is 6.45. The number of esters is 1. The summed E-state index contributed by atoms with van der Waals surface area (Å²) in [4.78, 5) is 27.9. The van der Waals surface area contributed by atoms with Crippen LogP contribution in [-0.2, 0) is 19.7 Å². The zero-order chi connectivity index (χ0) is 26.7. The fourth-order valence-electron chi connectivity index (χ4n) is 6.45. The lowest BCUT2D eigenvalue weighted by atomic mass is 9.91. The number of hydrogen-bond acceptors (Lipinski definition) is 8. The molecule has 2 aromatic heterocycles. The number of aromatic amines is 1. The third kappa shape index (κ3) is 3.95. The molecule has 0 bridgehead atoms. The van der Waals surface area contributed by atoms with Crippen LogP contribution in [0.2, 0.25) is 0 Å². The molecule has 3 aromatic rings. The lowest BCUT2D eigenvalue weighted by molar-refractivity contribution is 0.0253. The first-order valence-electron chi connectivity index (χ1n) is 13.4. The van der Waals surface area contributed by atoms with Crippen molar-refractivity contribution in [2.45, 2.75) is 57.6 Å². The number of rotatable bonds is 5. The molecule has 38 heavy (non-hydrogen) atoms. The Balaban J connectivity index is 1.43. The van der Waals surface area contributed by atoms with Crippen molar-refractivity contribution in [3.8, 4) is 0 Å². The van der Waals surface area contributed by atoms with E-state index >= 15 is 0 Å². The fraction of sp³-hybridized carbons (Fsp3) is 0.593. The van der Waals surface area contributed by atoms with Gasteiger partial charge in [0.15, 0.2) is 0 Å². The molecule has 0 radical (unpaired) electrons. The molecule has 3 aliphatic rings. The van der Waals surface area contributed by atoms with Crippen molar-refractivity contribution in [1.82, 2.24) is 30.1 Å². The molecule has 1 aromatic carbocycles. The van der Waals surface area contributed by atoms with E-state index in [4.69, 9.17) is 14.2 Å². The minimum atomic E-state index is -0.727. The summed E-state index contributed by atoms with van der Waals surface area (Å²) < 4.78 is 18.7. The van der Waals surface area contributed by atoms with Crippen molar-refractivity contribution >= 4 is 23.0 Å². The van der Waals surface area contributed by atoms with Gasteiger partial charge in [-0.05, 0) is 70.2 Å². The second kappa shape index (κ2) is 9.07. The molecule has 202 valence electrons. The topological polar surface area (TPSA) is 124 Å². The first-order chi connectivity index (χ1) is 18.2. The van der Waals surface area contributed by atoms with Crippen LogP contribution in [0.1, 0.15) is 68.3 Å². The molecule has 2 aliphatic heterocycles. The van der Waals surface area contributed by atoms with Crippen LogP contribution in [0.25, 0.3) is 10.9 Å². The lowest BCUT2D eigenvalue weighted by Crippen LogP contribution is -2.41. The Labute approximate surface area is 220 Å². The van der Waals surface area contributed by atoms with Gasteiger partial charge in [0, 0.05) is 49.0 Å². The van der Waals surface area contributed by atoms with E-state index in [0.29, 0.717) is 30.5 Å². The van der Waals surface area contributed by atoms with Crippen LogP contribution < -0.4 is 0 Å². The highest BCUT2D eigenvalue weighted by molar-refractivity contribution is 5.96. The predicted molar refractivity (Wildman–Crippen MR) is 137 cm³/mol. The number of likely N-dealkylation sites (tertiary alicyclic amines) is 1. The number of ether oxygens (including phenoxy) is 3. The van der Waals surface area contributed by atoms with Gasteiger partial charge in [0.25, 0.3) is 0 Å². The Kier molecular flexibility index (Phi) is 5.93. The Bertz CT molecular complexity index is 1340. The maximum Gasteiger partial charge on any atom is 0.410 e. The first kappa shape index (κ1) is 24.8. The number of piperidine rings is 1. The van der Waals surface area contributed by atoms with E-state index in [-0.39, 0.29) is 24.5 Å². The smallest absolute Gasteiger partial charge is 0.410 e. The molecule has 3 fully saturated rings. The van der Waals surface area contributed by atoms with Gasteiger partial charge in [0.2, 0.25) is 5.82 Å². The first-order valence-corrected chi connectivity index (χ1v) is 13.4. The quantitative estimate of drug-likeness (QED) is 0.505. The predicted octanol–water partition coefficient (Wildman–Crippen LogP) is 3.47. The summed E-state index contributed by atoms with van der Waals surface area (Å²) in [6.45, 7) is 10.1. The number of hydrogen-bond donors (Lipinski definition) is 1. The van der Waals surface area contributed by atoms with Gasteiger partial charge in [-0.15, -0.1) is 10.2 Å². The molecular weight excluding hydrogens is 488 g/mol. The maximum absolute atomic E-state index is 13.3. The van der Waals surface area contributed by atoms with Gasteiger partial charge in [-0.1, -0.05) is 11.3 Å². The van der Waals surface area contributed by atoms with E-state index < -0.39 is 17.1 Å². The second-order valence-corrected chi connectivity index (χ2v) is 11.4. The molecule has 0 spiro atoms. The number of fused-ring (bicyclic) bond motifs is 2. The van der Waals surface area contributed by atoms with Crippen molar-refractivity contribution < 1.29 is 23.8 Å². The second-order valence-electron chi connectivity index (χ2n) is 11.4. The van der Waals surface area contributed by atoms with Crippen LogP contribution >= 0.6 is 0 Å². The molecule has 11 heteroatoms. The van der Waals surface area contributed by atoms with Gasteiger partial charge in [0.1, 0.15) is 16.8 Å². The van der Waals surface area contributed by atoms with Crippen molar-refractivity contribution in [1.29, 1.82) is 0 Å². The summed E-state index contributed by atoms with van der Waals surface area (Å²) in [7, 11) is 0. The summed E-state index contributed by atoms with van der Waals surface area (Å²) in [6, 6.07) is 8.33.